The smallest absolute Gasteiger partial charge is 0.308 e. The molecule has 0 saturated carbocycles. The van der Waals surface area contributed by atoms with Gasteiger partial charge in [0.1, 0.15) is 11.8 Å². The van der Waals surface area contributed by atoms with Crippen molar-refractivity contribution >= 4 is 5.97 Å². The van der Waals surface area contributed by atoms with Crippen molar-refractivity contribution in [3.05, 3.63) is 70.8 Å². The van der Waals surface area contributed by atoms with E-state index in [-0.39, 0.29) is 17.8 Å². The molecule has 1 aromatic heterocycles. The molecule has 0 spiro atoms. The van der Waals surface area contributed by atoms with E-state index in [4.69, 9.17) is 9.47 Å². The summed E-state index contributed by atoms with van der Waals surface area (Å²) in [6.07, 6.45) is 18.9. The van der Waals surface area contributed by atoms with Gasteiger partial charge in [-0.1, -0.05) is 56.2 Å². The number of hydrogen-bond acceptors (Lipinski definition) is 6. The van der Waals surface area contributed by atoms with Gasteiger partial charge in [-0.2, -0.15) is 15.6 Å². The highest BCUT2D eigenvalue weighted by atomic mass is 16.5. The Morgan fingerprint density at radius 3 is 2.88 bits per heavy atom. The van der Waals surface area contributed by atoms with Crippen LogP contribution in [0.2, 0.25) is 0 Å². The number of nitriles is 1. The van der Waals surface area contributed by atoms with Gasteiger partial charge in [0, 0.05) is 5.92 Å². The number of H-pyrrole nitrogens is 1. The molecule has 1 aliphatic carbocycles. The second kappa shape index (κ2) is 13.9. The van der Waals surface area contributed by atoms with E-state index < -0.39 is 0 Å². The molecule has 0 bridgehead atoms. The average Bonchev–Trinajstić information content (AvgIpc) is 3.27. The highest BCUT2D eigenvalue weighted by Gasteiger charge is 2.17. The number of rotatable bonds is 11. The minimum atomic E-state index is -0.143. The number of hydrogen-bond donors (Lipinski definition) is 1. The van der Waals surface area contributed by atoms with Crippen LogP contribution in [0.25, 0.3) is 0 Å². The van der Waals surface area contributed by atoms with Crippen molar-refractivity contribution in [1.29, 1.82) is 5.26 Å². The Kier molecular flexibility index (Phi) is 10.9. The zero-order chi connectivity index (χ0) is 24.1. The number of carbonyl (C=O) groups is 1. The van der Waals surface area contributed by atoms with E-state index in [1.165, 1.54) is 7.11 Å². The zero-order valence-electron chi connectivity index (χ0n) is 20.0. The van der Waals surface area contributed by atoms with Crippen molar-refractivity contribution in [2.24, 2.45) is 5.92 Å². The number of ether oxygens (including phenoxy) is 2. The van der Waals surface area contributed by atoms with E-state index in [2.05, 4.69) is 45.8 Å². The topological polar surface area (TPSA) is 101 Å². The molecule has 1 aromatic rings. The summed E-state index contributed by atoms with van der Waals surface area (Å²) in [5.74, 6) is 0.561. The normalized spacial score (nSPS) is 20.7. The summed E-state index contributed by atoms with van der Waals surface area (Å²) < 4.78 is 10.7. The van der Waals surface area contributed by atoms with Crippen molar-refractivity contribution < 1.29 is 14.3 Å². The molecule has 0 saturated heterocycles. The maximum Gasteiger partial charge on any atom is 0.308 e. The van der Waals surface area contributed by atoms with Gasteiger partial charge < -0.3 is 9.47 Å². The molecule has 2 unspecified atom stereocenters. The van der Waals surface area contributed by atoms with E-state index in [9.17, 15) is 10.1 Å². The van der Waals surface area contributed by atoms with E-state index >= 15 is 0 Å². The van der Waals surface area contributed by atoms with Gasteiger partial charge in [-0.25, -0.2) is 0 Å². The fourth-order valence-electron chi connectivity index (χ4n) is 3.67. The summed E-state index contributed by atoms with van der Waals surface area (Å²) in [7, 11) is 1.43. The molecule has 0 aromatic carbocycles. The summed E-state index contributed by atoms with van der Waals surface area (Å²) in [6.45, 7) is 6.51. The number of nitrogens with zero attached hydrogens (tertiary/aromatic N) is 3. The number of carbonyl (C=O) groups excluding carboxylic acids is 1. The van der Waals surface area contributed by atoms with Crippen LogP contribution in [-0.2, 0) is 14.3 Å². The first-order valence-corrected chi connectivity index (χ1v) is 11.4. The molecular formula is C26H34N4O3. The van der Waals surface area contributed by atoms with Crippen molar-refractivity contribution in [2.75, 3.05) is 13.7 Å². The molecule has 1 heterocycles. The van der Waals surface area contributed by atoms with Crippen LogP contribution in [0.4, 0.5) is 0 Å². The molecule has 1 N–H and O–H groups in total. The largest absolute Gasteiger partial charge is 0.498 e. The average molecular weight is 451 g/mol. The highest BCUT2D eigenvalue weighted by Crippen LogP contribution is 2.27. The number of esters is 1. The van der Waals surface area contributed by atoms with Crippen LogP contribution in [-0.4, -0.2) is 35.1 Å². The lowest BCUT2D eigenvalue weighted by Gasteiger charge is -2.13. The van der Waals surface area contributed by atoms with E-state index in [0.717, 1.165) is 49.0 Å². The Balaban J connectivity index is 1.93. The second-order valence-electron chi connectivity index (χ2n) is 8.12. The van der Waals surface area contributed by atoms with Crippen LogP contribution in [0, 0.1) is 17.2 Å². The molecule has 2 atom stereocenters. The maximum absolute atomic E-state index is 11.4. The first kappa shape index (κ1) is 25.9. The Hall–Kier alpha value is -3.40. The number of nitrogens with one attached hydrogen (secondary N) is 1. The lowest BCUT2D eigenvalue weighted by molar-refractivity contribution is -0.145. The molecule has 0 fully saturated rings. The summed E-state index contributed by atoms with van der Waals surface area (Å²) in [6, 6.07) is 2.09. The summed E-state index contributed by atoms with van der Waals surface area (Å²) in [5, 5.41) is 19.9. The van der Waals surface area contributed by atoms with Gasteiger partial charge in [-0.15, -0.1) is 5.10 Å². The van der Waals surface area contributed by atoms with Gasteiger partial charge in [0.25, 0.3) is 0 Å². The Labute approximate surface area is 196 Å². The second-order valence-corrected chi connectivity index (χ2v) is 8.12. The molecular weight excluding hydrogens is 416 g/mol. The lowest BCUT2D eigenvalue weighted by Crippen LogP contribution is -2.12. The van der Waals surface area contributed by atoms with Crippen LogP contribution < -0.4 is 0 Å². The Bertz CT molecular complexity index is 976. The number of methoxy groups -OCH3 is 1. The SMILES string of the molecule is C/C=C\C1=C\C(c2n[nH]nc2C#N)C=C/C=C(/C=C(\C)OCCCCCC(C)C(=O)OC)C1. The molecule has 33 heavy (non-hydrogen) atoms. The molecule has 0 radical (unpaired) electrons. The van der Waals surface area contributed by atoms with Crippen LogP contribution >= 0.6 is 0 Å². The summed E-state index contributed by atoms with van der Waals surface area (Å²) in [4.78, 5) is 11.4. The van der Waals surface area contributed by atoms with Crippen molar-refractivity contribution in [3.8, 4) is 6.07 Å². The first-order valence-electron chi connectivity index (χ1n) is 11.4. The Morgan fingerprint density at radius 2 is 2.15 bits per heavy atom. The third-order valence-corrected chi connectivity index (χ3v) is 5.41. The first-order chi connectivity index (χ1) is 16.0. The molecule has 2 rings (SSSR count). The van der Waals surface area contributed by atoms with Crippen molar-refractivity contribution in [3.63, 3.8) is 0 Å². The van der Waals surface area contributed by atoms with Crippen molar-refractivity contribution in [1.82, 2.24) is 15.4 Å². The van der Waals surface area contributed by atoms with Gasteiger partial charge in [0.2, 0.25) is 0 Å². The van der Waals surface area contributed by atoms with Gasteiger partial charge in [-0.05, 0) is 50.3 Å². The summed E-state index contributed by atoms with van der Waals surface area (Å²) in [5.41, 5.74) is 3.21. The highest BCUT2D eigenvalue weighted by molar-refractivity contribution is 5.71. The molecule has 1 aliphatic rings. The van der Waals surface area contributed by atoms with Crippen molar-refractivity contribution in [2.45, 2.75) is 58.8 Å². The minimum Gasteiger partial charge on any atom is -0.498 e. The number of aromatic nitrogens is 3. The quantitative estimate of drug-likeness (QED) is 0.274. The number of unbranched alkanes of at least 4 members (excludes halogenated alkanes) is 2. The predicted molar refractivity (Wildman–Crippen MR) is 128 cm³/mol. The molecule has 0 aliphatic heterocycles. The monoisotopic (exact) mass is 450 g/mol. The number of aromatic amines is 1. The fourth-order valence-corrected chi connectivity index (χ4v) is 3.67. The standard InChI is InChI=1S/C26H34N4O3/c1-5-10-21-16-22(12-9-13-23(17-21)25-24(18-27)28-30-29-25)15-20(3)33-14-8-6-7-11-19(2)26(31)32-4/h5,9-10,12-13,15,17,19,23H,6-8,11,14,16H2,1-4H3,(H,28,29,30)/b10-5-,13-9?,20-15+,21-17-,22-12-. The van der Waals surface area contributed by atoms with E-state index in [1.807, 2.05) is 39.0 Å². The number of allylic oxidation sites excluding steroid dienone is 10. The van der Waals surface area contributed by atoms with Crippen LogP contribution in [0.3, 0.4) is 0 Å². The van der Waals surface area contributed by atoms with Crippen LogP contribution in [0.1, 0.15) is 70.2 Å². The third-order valence-electron chi connectivity index (χ3n) is 5.41. The van der Waals surface area contributed by atoms with E-state index in [0.29, 0.717) is 18.0 Å². The van der Waals surface area contributed by atoms with Crippen LogP contribution in [0.5, 0.6) is 0 Å². The van der Waals surface area contributed by atoms with Gasteiger partial charge >= 0.3 is 5.97 Å². The van der Waals surface area contributed by atoms with Crippen LogP contribution in [0.15, 0.2) is 59.4 Å². The van der Waals surface area contributed by atoms with Gasteiger partial charge in [0.15, 0.2) is 5.69 Å². The third kappa shape index (κ3) is 8.57. The maximum atomic E-state index is 11.4. The zero-order valence-corrected chi connectivity index (χ0v) is 20.0. The van der Waals surface area contributed by atoms with E-state index in [1.54, 1.807) is 0 Å². The Morgan fingerprint density at radius 1 is 1.33 bits per heavy atom. The fraction of sp³-hybridized carbons (Fsp3) is 0.462. The molecule has 7 nitrogen and oxygen atoms in total. The molecule has 7 heteroatoms. The lowest BCUT2D eigenvalue weighted by atomic mass is 9.93. The molecule has 0 amide bonds. The predicted octanol–water partition coefficient (Wildman–Crippen LogP) is 5.44. The van der Waals surface area contributed by atoms with Gasteiger partial charge in [0.05, 0.1) is 25.4 Å². The molecule has 176 valence electrons. The van der Waals surface area contributed by atoms with Gasteiger partial charge in [-0.3, -0.25) is 4.79 Å². The summed E-state index contributed by atoms with van der Waals surface area (Å²) >= 11 is 0. The minimum absolute atomic E-state index is 0.0494.